The van der Waals surface area contributed by atoms with Gasteiger partial charge >= 0.3 is 0 Å². The summed E-state index contributed by atoms with van der Waals surface area (Å²) in [6.45, 7) is 7.96. The van der Waals surface area contributed by atoms with E-state index in [1.54, 1.807) is 4.31 Å². The number of hydrogen-bond donors (Lipinski definition) is 1. The van der Waals surface area contributed by atoms with Gasteiger partial charge in [0, 0.05) is 19.7 Å². The molecular weight excluding hydrogens is 264 g/mol. The predicted octanol–water partition coefficient (Wildman–Crippen LogP) is 1.06. The van der Waals surface area contributed by atoms with Gasteiger partial charge in [-0.05, 0) is 45.2 Å². The van der Waals surface area contributed by atoms with Gasteiger partial charge in [-0.1, -0.05) is 6.92 Å². The van der Waals surface area contributed by atoms with Crippen molar-refractivity contribution in [1.29, 1.82) is 0 Å². The average molecular weight is 292 g/mol. The van der Waals surface area contributed by atoms with E-state index in [0.29, 0.717) is 32.2 Å². The van der Waals surface area contributed by atoms with Crippen LogP contribution in [0.2, 0.25) is 0 Å². The zero-order valence-corrected chi connectivity index (χ0v) is 13.0. The van der Waals surface area contributed by atoms with Crippen molar-refractivity contribution in [2.75, 3.05) is 45.1 Å². The molecule has 1 rings (SSSR count). The van der Waals surface area contributed by atoms with Gasteiger partial charge in [-0.2, -0.15) is 4.31 Å². The van der Waals surface area contributed by atoms with E-state index in [4.69, 9.17) is 4.74 Å². The summed E-state index contributed by atoms with van der Waals surface area (Å²) in [6, 6.07) is 0. The highest BCUT2D eigenvalue weighted by atomic mass is 32.2. The van der Waals surface area contributed by atoms with Gasteiger partial charge < -0.3 is 10.1 Å². The maximum atomic E-state index is 12.3. The second-order valence-electron chi connectivity index (χ2n) is 4.99. The van der Waals surface area contributed by atoms with Crippen molar-refractivity contribution in [2.45, 2.75) is 33.1 Å². The van der Waals surface area contributed by atoms with Crippen molar-refractivity contribution < 1.29 is 13.2 Å². The van der Waals surface area contributed by atoms with Crippen LogP contribution in [0.4, 0.5) is 0 Å². The van der Waals surface area contributed by atoms with Crippen LogP contribution in [0.1, 0.15) is 33.1 Å². The highest BCUT2D eigenvalue weighted by Crippen LogP contribution is 2.17. The van der Waals surface area contributed by atoms with Crippen LogP contribution in [0.15, 0.2) is 0 Å². The molecule has 1 heterocycles. The number of ether oxygens (including phenoxy) is 1. The fraction of sp³-hybridized carbons (Fsp3) is 1.00. The fourth-order valence-electron chi connectivity index (χ4n) is 2.42. The van der Waals surface area contributed by atoms with Crippen molar-refractivity contribution in [3.63, 3.8) is 0 Å². The lowest BCUT2D eigenvalue weighted by molar-refractivity contribution is 0.135. The SMILES string of the molecule is CCOCCN(CC)S(=O)(=O)CCC1CCNCC1. The van der Waals surface area contributed by atoms with Gasteiger partial charge in [-0.25, -0.2) is 8.42 Å². The molecule has 0 unspecified atom stereocenters. The smallest absolute Gasteiger partial charge is 0.214 e. The minimum atomic E-state index is -3.12. The van der Waals surface area contributed by atoms with Crippen molar-refractivity contribution in [1.82, 2.24) is 9.62 Å². The molecule has 0 bridgehead atoms. The number of piperidine rings is 1. The van der Waals surface area contributed by atoms with Gasteiger partial charge in [0.15, 0.2) is 0 Å². The van der Waals surface area contributed by atoms with E-state index in [1.165, 1.54) is 0 Å². The van der Waals surface area contributed by atoms with Crippen molar-refractivity contribution in [2.24, 2.45) is 5.92 Å². The zero-order chi connectivity index (χ0) is 14.1. The minimum absolute atomic E-state index is 0.275. The monoisotopic (exact) mass is 292 g/mol. The summed E-state index contributed by atoms with van der Waals surface area (Å²) >= 11 is 0. The average Bonchev–Trinajstić information content (AvgIpc) is 2.42. The van der Waals surface area contributed by atoms with Gasteiger partial charge in [0.2, 0.25) is 10.0 Å². The van der Waals surface area contributed by atoms with Gasteiger partial charge in [0.05, 0.1) is 12.4 Å². The minimum Gasteiger partial charge on any atom is -0.380 e. The first kappa shape index (κ1) is 16.9. The third kappa shape index (κ3) is 6.21. The lowest BCUT2D eigenvalue weighted by Gasteiger charge is -2.25. The number of sulfonamides is 1. The molecule has 1 N–H and O–H groups in total. The molecule has 0 aromatic rings. The first-order chi connectivity index (χ1) is 9.10. The summed E-state index contributed by atoms with van der Waals surface area (Å²) in [5, 5.41) is 3.30. The molecule has 0 saturated carbocycles. The molecule has 5 nitrogen and oxygen atoms in total. The molecule has 0 atom stereocenters. The topological polar surface area (TPSA) is 58.6 Å². The highest BCUT2D eigenvalue weighted by molar-refractivity contribution is 7.89. The van der Waals surface area contributed by atoms with Gasteiger partial charge in [0.1, 0.15) is 0 Å². The standard InChI is InChI=1S/C13H28N2O3S/c1-3-15(10-11-18-4-2)19(16,17)12-7-13-5-8-14-9-6-13/h13-14H,3-12H2,1-2H3. The lowest BCUT2D eigenvalue weighted by Crippen LogP contribution is -2.37. The largest absolute Gasteiger partial charge is 0.380 e. The molecule has 0 radical (unpaired) electrons. The molecule has 0 amide bonds. The number of rotatable bonds is 9. The Balaban J connectivity index is 2.38. The van der Waals surface area contributed by atoms with Crippen LogP contribution < -0.4 is 5.32 Å². The summed E-state index contributed by atoms with van der Waals surface area (Å²) in [6.07, 6.45) is 2.98. The summed E-state index contributed by atoms with van der Waals surface area (Å²) in [4.78, 5) is 0. The summed E-state index contributed by atoms with van der Waals surface area (Å²) in [5.41, 5.74) is 0. The Morgan fingerprint density at radius 2 is 1.95 bits per heavy atom. The van der Waals surface area contributed by atoms with Gasteiger partial charge in [-0.3, -0.25) is 0 Å². The Morgan fingerprint density at radius 1 is 1.26 bits per heavy atom. The first-order valence-corrected chi connectivity index (χ1v) is 8.97. The van der Waals surface area contributed by atoms with Crippen LogP contribution in [0.5, 0.6) is 0 Å². The molecule has 0 aromatic heterocycles. The second kappa shape index (κ2) is 8.89. The van der Waals surface area contributed by atoms with E-state index in [0.717, 1.165) is 32.4 Å². The molecule has 0 aromatic carbocycles. The van der Waals surface area contributed by atoms with Crippen LogP contribution in [-0.2, 0) is 14.8 Å². The first-order valence-electron chi connectivity index (χ1n) is 7.36. The van der Waals surface area contributed by atoms with Gasteiger partial charge in [-0.15, -0.1) is 0 Å². The molecule has 1 fully saturated rings. The Morgan fingerprint density at radius 3 is 2.53 bits per heavy atom. The van der Waals surface area contributed by atoms with Crippen molar-refractivity contribution in [3.05, 3.63) is 0 Å². The molecule has 114 valence electrons. The predicted molar refractivity (Wildman–Crippen MR) is 77.7 cm³/mol. The van der Waals surface area contributed by atoms with Crippen molar-refractivity contribution in [3.8, 4) is 0 Å². The molecule has 19 heavy (non-hydrogen) atoms. The number of hydrogen-bond acceptors (Lipinski definition) is 4. The van der Waals surface area contributed by atoms with E-state index >= 15 is 0 Å². The molecule has 1 aliphatic heterocycles. The van der Waals surface area contributed by atoms with Gasteiger partial charge in [0.25, 0.3) is 0 Å². The summed E-state index contributed by atoms with van der Waals surface area (Å²) in [5.74, 6) is 0.832. The third-order valence-corrected chi connectivity index (χ3v) is 5.66. The molecular formula is C13H28N2O3S. The quantitative estimate of drug-likeness (QED) is 0.646. The number of likely N-dealkylation sites (N-methyl/N-ethyl adjacent to an activating group) is 1. The second-order valence-corrected chi connectivity index (χ2v) is 7.08. The Kier molecular flexibility index (Phi) is 7.90. The van der Waals surface area contributed by atoms with Crippen LogP contribution >= 0.6 is 0 Å². The molecule has 0 spiro atoms. The number of nitrogens with zero attached hydrogens (tertiary/aromatic N) is 1. The van der Waals surface area contributed by atoms with Crippen LogP contribution in [0.3, 0.4) is 0 Å². The Hall–Kier alpha value is -0.170. The molecule has 6 heteroatoms. The molecule has 0 aliphatic carbocycles. The summed E-state index contributed by atoms with van der Waals surface area (Å²) in [7, 11) is -3.12. The summed E-state index contributed by atoms with van der Waals surface area (Å²) < 4.78 is 31.3. The normalized spacial score (nSPS) is 18.1. The number of nitrogens with one attached hydrogen (secondary N) is 1. The Labute approximate surface area is 117 Å². The van der Waals surface area contributed by atoms with E-state index in [2.05, 4.69) is 5.32 Å². The maximum absolute atomic E-state index is 12.3. The van der Waals surface area contributed by atoms with E-state index in [-0.39, 0.29) is 5.75 Å². The van der Waals surface area contributed by atoms with E-state index < -0.39 is 10.0 Å². The fourth-order valence-corrected chi connectivity index (χ4v) is 4.06. The Bertz CT molecular complexity index is 327. The van der Waals surface area contributed by atoms with Crippen LogP contribution in [0.25, 0.3) is 0 Å². The molecule has 1 saturated heterocycles. The van der Waals surface area contributed by atoms with Crippen LogP contribution in [-0.4, -0.2) is 57.9 Å². The third-order valence-electron chi connectivity index (χ3n) is 3.68. The molecule has 1 aliphatic rings. The highest BCUT2D eigenvalue weighted by Gasteiger charge is 2.22. The van der Waals surface area contributed by atoms with E-state index in [1.807, 2.05) is 13.8 Å². The van der Waals surface area contributed by atoms with E-state index in [9.17, 15) is 8.42 Å². The van der Waals surface area contributed by atoms with Crippen molar-refractivity contribution >= 4 is 10.0 Å². The van der Waals surface area contributed by atoms with Crippen LogP contribution in [0, 0.1) is 5.92 Å². The lowest BCUT2D eigenvalue weighted by atomic mass is 9.96. The zero-order valence-electron chi connectivity index (χ0n) is 12.2. The maximum Gasteiger partial charge on any atom is 0.214 e.